The average molecular weight is 356 g/mol. The average Bonchev–Trinajstić information content (AvgIpc) is 2.96. The maximum atomic E-state index is 12.5. The van der Waals surface area contributed by atoms with Crippen LogP contribution < -0.4 is 5.56 Å². The molecular weight excluding hydrogens is 332 g/mol. The van der Waals surface area contributed by atoms with E-state index in [-0.39, 0.29) is 18.1 Å². The first-order valence-corrected chi connectivity index (χ1v) is 9.02. The summed E-state index contributed by atoms with van der Waals surface area (Å²) < 4.78 is 6.61. The number of carbonyl (C=O) groups is 1. The van der Waals surface area contributed by atoms with E-state index in [1.165, 1.54) is 4.57 Å². The van der Waals surface area contributed by atoms with E-state index in [0.717, 1.165) is 25.7 Å². The van der Waals surface area contributed by atoms with Crippen LogP contribution in [0.15, 0.2) is 11.0 Å². The number of aryl methyl sites for hydroxylation is 2. The van der Waals surface area contributed by atoms with E-state index in [1.54, 1.807) is 27.1 Å². The van der Waals surface area contributed by atoms with Gasteiger partial charge < -0.3 is 19.4 Å². The van der Waals surface area contributed by atoms with E-state index in [1.807, 2.05) is 0 Å². The minimum Gasteiger partial charge on any atom is -0.462 e. The number of aromatic nitrogens is 2. The molecule has 1 saturated carbocycles. The molecule has 0 amide bonds. The van der Waals surface area contributed by atoms with E-state index in [2.05, 4.69) is 16.8 Å². The van der Waals surface area contributed by atoms with Gasteiger partial charge in [-0.3, -0.25) is 4.79 Å². The zero-order chi connectivity index (χ0) is 18.8. The van der Waals surface area contributed by atoms with Crippen molar-refractivity contribution in [1.29, 1.82) is 0 Å². The second-order valence-corrected chi connectivity index (χ2v) is 6.78. The van der Waals surface area contributed by atoms with Gasteiger partial charge in [-0.05, 0) is 26.7 Å². The van der Waals surface area contributed by atoms with Crippen LogP contribution in [0.5, 0.6) is 0 Å². The molecule has 1 fully saturated rings. The molecule has 1 aliphatic carbocycles. The van der Waals surface area contributed by atoms with E-state index in [9.17, 15) is 14.7 Å². The third-order valence-corrected chi connectivity index (χ3v) is 4.92. The Hall–Kier alpha value is -2.52. The Morgan fingerprint density at radius 2 is 2.15 bits per heavy atom. The Morgan fingerprint density at radius 1 is 1.42 bits per heavy atom. The normalized spacial score (nSPS) is 19.8. The van der Waals surface area contributed by atoms with Crippen LogP contribution in [-0.4, -0.2) is 33.3 Å². The van der Waals surface area contributed by atoms with Crippen LogP contribution in [0, 0.1) is 24.7 Å². The molecule has 0 aliphatic heterocycles. The maximum absolute atomic E-state index is 12.5. The van der Waals surface area contributed by atoms with Crippen molar-refractivity contribution in [3.05, 3.63) is 33.4 Å². The number of H-pyrrole nitrogens is 1. The second-order valence-electron chi connectivity index (χ2n) is 6.78. The number of aliphatic hydroxyl groups excluding tert-OH is 1. The fraction of sp³-hybridized carbons (Fsp3) is 0.500. The van der Waals surface area contributed by atoms with Gasteiger partial charge in [-0.25, -0.2) is 4.79 Å². The van der Waals surface area contributed by atoms with E-state index >= 15 is 0 Å². The lowest BCUT2D eigenvalue weighted by atomic mass is 9.87. The smallest absolute Gasteiger partial charge is 0.340 e. The molecule has 3 rings (SSSR count). The second kappa shape index (κ2) is 7.38. The Labute approximate surface area is 152 Å². The number of nitrogens with one attached hydrogen (secondary N) is 1. The molecule has 0 radical (unpaired) electrons. The molecule has 2 aromatic heterocycles. The van der Waals surface area contributed by atoms with Gasteiger partial charge in [-0.2, -0.15) is 0 Å². The molecule has 26 heavy (non-hydrogen) atoms. The lowest BCUT2D eigenvalue weighted by Gasteiger charge is -2.22. The van der Waals surface area contributed by atoms with Crippen molar-refractivity contribution >= 4 is 16.9 Å². The lowest BCUT2D eigenvalue weighted by molar-refractivity contribution is 0.0528. The number of fused-ring (bicyclic) bond motifs is 1. The molecule has 1 aliphatic rings. The molecule has 138 valence electrons. The highest BCUT2D eigenvalue weighted by Crippen LogP contribution is 2.26. The summed E-state index contributed by atoms with van der Waals surface area (Å²) in [6.07, 6.45) is 4.92. The molecule has 2 aromatic rings. The number of aliphatic hydroxyl groups is 1. The van der Waals surface area contributed by atoms with Gasteiger partial charge in [-0.1, -0.05) is 24.7 Å². The van der Waals surface area contributed by atoms with Gasteiger partial charge in [0.15, 0.2) is 0 Å². The molecule has 6 heteroatoms. The predicted molar refractivity (Wildman–Crippen MR) is 99.1 cm³/mol. The quantitative estimate of drug-likeness (QED) is 0.638. The molecule has 6 nitrogen and oxygen atoms in total. The minimum absolute atomic E-state index is 0.0814. The largest absolute Gasteiger partial charge is 0.462 e. The predicted octanol–water partition coefficient (Wildman–Crippen LogP) is 2.25. The molecular formula is C20H24N2O4. The summed E-state index contributed by atoms with van der Waals surface area (Å²) >= 11 is 0. The number of esters is 1. The van der Waals surface area contributed by atoms with E-state index in [0.29, 0.717) is 27.7 Å². The van der Waals surface area contributed by atoms with Crippen molar-refractivity contribution in [2.45, 2.75) is 45.6 Å². The first-order valence-electron chi connectivity index (χ1n) is 9.02. The minimum atomic E-state index is -0.467. The monoisotopic (exact) mass is 356 g/mol. The summed E-state index contributed by atoms with van der Waals surface area (Å²) in [6, 6.07) is 0. The summed E-state index contributed by atoms with van der Waals surface area (Å²) in [5, 5.41) is 10.6. The highest BCUT2D eigenvalue weighted by Gasteiger charge is 2.23. The summed E-state index contributed by atoms with van der Waals surface area (Å²) in [6.45, 7) is 3.74. The van der Waals surface area contributed by atoms with Crippen molar-refractivity contribution in [3.63, 3.8) is 0 Å². The molecule has 0 aromatic carbocycles. The number of aromatic amines is 1. The van der Waals surface area contributed by atoms with E-state index in [4.69, 9.17) is 4.74 Å². The van der Waals surface area contributed by atoms with Crippen molar-refractivity contribution in [2.75, 3.05) is 6.61 Å². The van der Waals surface area contributed by atoms with Gasteiger partial charge in [-0.15, -0.1) is 0 Å². The van der Waals surface area contributed by atoms with Crippen LogP contribution in [0.25, 0.3) is 10.9 Å². The highest BCUT2D eigenvalue weighted by atomic mass is 16.5. The van der Waals surface area contributed by atoms with Crippen LogP contribution in [0.2, 0.25) is 0 Å². The van der Waals surface area contributed by atoms with Crippen LogP contribution in [-0.2, 0) is 11.8 Å². The lowest BCUT2D eigenvalue weighted by Crippen LogP contribution is -2.23. The topological polar surface area (TPSA) is 84.3 Å². The van der Waals surface area contributed by atoms with Gasteiger partial charge in [0, 0.05) is 30.2 Å². The van der Waals surface area contributed by atoms with Crippen molar-refractivity contribution in [1.82, 2.24) is 9.55 Å². The fourth-order valence-corrected chi connectivity index (χ4v) is 3.55. The van der Waals surface area contributed by atoms with Gasteiger partial charge in [0.2, 0.25) is 0 Å². The van der Waals surface area contributed by atoms with Crippen LogP contribution in [0.3, 0.4) is 0 Å². The van der Waals surface area contributed by atoms with Gasteiger partial charge in [0.05, 0.1) is 23.8 Å². The molecule has 0 saturated heterocycles. The SMILES string of the molecule is CCOC(=O)c1c(C)[nH]c2c(=O)n(C)cc(C#C[C@@H]3CCCC[C@H]3O)c12. The number of rotatable bonds is 2. The highest BCUT2D eigenvalue weighted by molar-refractivity contribution is 6.07. The third kappa shape index (κ3) is 3.27. The van der Waals surface area contributed by atoms with Gasteiger partial charge >= 0.3 is 5.97 Å². The summed E-state index contributed by atoms with van der Waals surface area (Å²) in [5.41, 5.74) is 1.66. The summed E-state index contributed by atoms with van der Waals surface area (Å²) in [7, 11) is 1.66. The van der Waals surface area contributed by atoms with Crippen LogP contribution in [0.1, 0.15) is 54.2 Å². The zero-order valence-corrected chi connectivity index (χ0v) is 15.4. The number of nitrogens with zero attached hydrogens (tertiary/aromatic N) is 1. The number of hydrogen-bond donors (Lipinski definition) is 2. The van der Waals surface area contributed by atoms with Gasteiger partial charge in [0.1, 0.15) is 5.52 Å². The number of pyridine rings is 1. The zero-order valence-electron chi connectivity index (χ0n) is 15.4. The molecule has 0 unspecified atom stereocenters. The fourth-order valence-electron chi connectivity index (χ4n) is 3.55. The molecule has 2 N–H and O–H groups in total. The van der Waals surface area contributed by atoms with Crippen molar-refractivity contribution in [3.8, 4) is 11.8 Å². The number of carbonyl (C=O) groups excluding carboxylic acids is 1. The first kappa shape index (κ1) is 18.3. The van der Waals surface area contributed by atoms with Crippen molar-refractivity contribution < 1.29 is 14.6 Å². The molecule has 0 bridgehead atoms. The standard InChI is InChI=1S/C20H24N2O4/c1-4-26-20(25)16-12(2)21-18-17(16)14(11-22(3)19(18)24)10-9-13-7-5-6-8-15(13)23/h11,13,15,21,23H,4-8H2,1-3H3/t13-,15+/m0/s1. The van der Waals surface area contributed by atoms with Crippen molar-refractivity contribution in [2.24, 2.45) is 13.0 Å². The van der Waals surface area contributed by atoms with Crippen LogP contribution >= 0.6 is 0 Å². The Balaban J connectivity index is 2.17. The third-order valence-electron chi connectivity index (χ3n) is 4.92. The molecule has 2 heterocycles. The number of ether oxygens (including phenoxy) is 1. The Bertz CT molecular complexity index is 958. The summed E-state index contributed by atoms with van der Waals surface area (Å²) in [5.74, 6) is 5.71. The Morgan fingerprint density at radius 3 is 2.85 bits per heavy atom. The molecule has 2 atom stereocenters. The Kier molecular flexibility index (Phi) is 5.19. The van der Waals surface area contributed by atoms with E-state index < -0.39 is 12.1 Å². The molecule has 0 spiro atoms. The summed E-state index contributed by atoms with van der Waals surface area (Å²) in [4.78, 5) is 27.9. The maximum Gasteiger partial charge on any atom is 0.340 e. The van der Waals surface area contributed by atoms with Crippen LogP contribution in [0.4, 0.5) is 0 Å². The number of hydrogen-bond acceptors (Lipinski definition) is 4. The first-order chi connectivity index (χ1) is 12.4. The van der Waals surface area contributed by atoms with Gasteiger partial charge in [0.25, 0.3) is 5.56 Å².